The van der Waals surface area contributed by atoms with E-state index >= 15 is 0 Å². The molecule has 0 spiro atoms. The van der Waals surface area contributed by atoms with Crippen molar-refractivity contribution in [3.05, 3.63) is 29.7 Å². The van der Waals surface area contributed by atoms with Crippen LogP contribution in [0.1, 0.15) is 29.0 Å². The maximum atomic E-state index is 10.7. The van der Waals surface area contributed by atoms with E-state index in [2.05, 4.69) is 10.1 Å². The van der Waals surface area contributed by atoms with E-state index in [0.29, 0.717) is 11.5 Å². The van der Waals surface area contributed by atoms with Crippen molar-refractivity contribution in [3.63, 3.8) is 0 Å². The van der Waals surface area contributed by atoms with Crippen LogP contribution in [0.25, 0.3) is 5.65 Å². The Morgan fingerprint density at radius 3 is 3.22 bits per heavy atom. The summed E-state index contributed by atoms with van der Waals surface area (Å²) in [6.45, 7) is 1.67. The molecular formula is C13H15N3O2. The standard InChI is InChI=1S/C13H15N3O2/c17-8-11-3-4-13-14-12(15-16(13)7-11)6-10-2-1-5-18-9-10/h3-4,7-8,10H,1-2,5-6,9H2. The van der Waals surface area contributed by atoms with E-state index in [1.165, 1.54) is 6.42 Å². The van der Waals surface area contributed by atoms with Crippen LogP contribution < -0.4 is 0 Å². The summed E-state index contributed by atoms with van der Waals surface area (Å²) in [6, 6.07) is 3.57. The van der Waals surface area contributed by atoms with Gasteiger partial charge in [0.2, 0.25) is 0 Å². The van der Waals surface area contributed by atoms with Crippen LogP contribution in [-0.2, 0) is 11.2 Å². The second kappa shape index (κ2) is 4.86. The van der Waals surface area contributed by atoms with Gasteiger partial charge in [0.05, 0.1) is 0 Å². The molecule has 1 fully saturated rings. The highest BCUT2D eigenvalue weighted by Crippen LogP contribution is 2.17. The van der Waals surface area contributed by atoms with Gasteiger partial charge in [-0.25, -0.2) is 9.50 Å². The number of pyridine rings is 1. The molecule has 2 aromatic rings. The van der Waals surface area contributed by atoms with Gasteiger partial charge in [-0.3, -0.25) is 4.79 Å². The van der Waals surface area contributed by atoms with E-state index in [4.69, 9.17) is 4.74 Å². The Balaban J connectivity index is 1.81. The van der Waals surface area contributed by atoms with Crippen molar-refractivity contribution in [2.45, 2.75) is 19.3 Å². The summed E-state index contributed by atoms with van der Waals surface area (Å²) >= 11 is 0. The van der Waals surface area contributed by atoms with Crippen molar-refractivity contribution in [1.82, 2.24) is 14.6 Å². The van der Waals surface area contributed by atoms with Crippen molar-refractivity contribution in [2.24, 2.45) is 5.92 Å². The molecular weight excluding hydrogens is 230 g/mol. The molecule has 3 rings (SSSR count). The summed E-state index contributed by atoms with van der Waals surface area (Å²) in [5.41, 5.74) is 1.40. The number of carbonyl (C=O) groups excluding carboxylic acids is 1. The molecule has 0 radical (unpaired) electrons. The van der Waals surface area contributed by atoms with Gasteiger partial charge in [-0.2, -0.15) is 5.10 Å². The maximum Gasteiger partial charge on any atom is 0.155 e. The van der Waals surface area contributed by atoms with Crippen LogP contribution in [0.15, 0.2) is 18.3 Å². The Labute approximate surface area is 105 Å². The first-order valence-corrected chi connectivity index (χ1v) is 6.23. The Kier molecular flexibility index (Phi) is 3.06. The summed E-state index contributed by atoms with van der Waals surface area (Å²) in [5.74, 6) is 1.34. The molecule has 0 N–H and O–H groups in total. The van der Waals surface area contributed by atoms with Crippen molar-refractivity contribution < 1.29 is 9.53 Å². The summed E-state index contributed by atoms with van der Waals surface area (Å²) in [7, 11) is 0. The van der Waals surface area contributed by atoms with Gasteiger partial charge in [-0.15, -0.1) is 0 Å². The second-order valence-electron chi connectivity index (χ2n) is 4.70. The zero-order chi connectivity index (χ0) is 12.4. The maximum absolute atomic E-state index is 10.7. The predicted octanol–water partition coefficient (Wildman–Crippen LogP) is 1.51. The molecule has 3 heterocycles. The smallest absolute Gasteiger partial charge is 0.155 e. The molecule has 1 saturated heterocycles. The first kappa shape index (κ1) is 11.3. The van der Waals surface area contributed by atoms with Crippen molar-refractivity contribution in [1.29, 1.82) is 0 Å². The van der Waals surface area contributed by atoms with Crippen LogP contribution in [0.2, 0.25) is 0 Å². The van der Waals surface area contributed by atoms with Crippen LogP contribution in [0, 0.1) is 5.92 Å². The Bertz CT molecular complexity index is 558. The van der Waals surface area contributed by atoms with Gasteiger partial charge in [-0.1, -0.05) is 0 Å². The first-order chi connectivity index (χ1) is 8.85. The lowest BCUT2D eigenvalue weighted by molar-refractivity contribution is 0.0543. The average molecular weight is 245 g/mol. The monoisotopic (exact) mass is 245 g/mol. The largest absolute Gasteiger partial charge is 0.381 e. The molecule has 1 unspecified atom stereocenters. The van der Waals surface area contributed by atoms with Crippen molar-refractivity contribution >= 4 is 11.9 Å². The van der Waals surface area contributed by atoms with Gasteiger partial charge in [-0.05, 0) is 30.9 Å². The van der Waals surface area contributed by atoms with Gasteiger partial charge >= 0.3 is 0 Å². The lowest BCUT2D eigenvalue weighted by atomic mass is 9.98. The highest BCUT2D eigenvalue weighted by atomic mass is 16.5. The summed E-state index contributed by atoms with van der Waals surface area (Å²) in [6.07, 6.45) is 5.66. The highest BCUT2D eigenvalue weighted by Gasteiger charge is 2.16. The molecule has 2 aromatic heterocycles. The topological polar surface area (TPSA) is 56.5 Å². The zero-order valence-electron chi connectivity index (χ0n) is 10.1. The minimum Gasteiger partial charge on any atom is -0.381 e. The highest BCUT2D eigenvalue weighted by molar-refractivity contribution is 5.74. The number of fused-ring (bicyclic) bond motifs is 1. The molecule has 1 aliphatic heterocycles. The quantitative estimate of drug-likeness (QED) is 0.769. The number of hydrogen-bond acceptors (Lipinski definition) is 4. The number of aldehydes is 1. The van der Waals surface area contributed by atoms with Crippen LogP contribution in [0.5, 0.6) is 0 Å². The van der Waals surface area contributed by atoms with Crippen LogP contribution >= 0.6 is 0 Å². The molecule has 0 aromatic carbocycles. The van der Waals surface area contributed by atoms with Crippen LogP contribution in [0.4, 0.5) is 0 Å². The lowest BCUT2D eigenvalue weighted by Crippen LogP contribution is -2.19. The number of aromatic nitrogens is 3. The third-order valence-corrected chi connectivity index (χ3v) is 3.26. The predicted molar refractivity (Wildman–Crippen MR) is 65.6 cm³/mol. The lowest BCUT2D eigenvalue weighted by Gasteiger charge is -2.20. The molecule has 5 nitrogen and oxygen atoms in total. The molecule has 18 heavy (non-hydrogen) atoms. The van der Waals surface area contributed by atoms with E-state index in [1.54, 1.807) is 16.8 Å². The summed E-state index contributed by atoms with van der Waals surface area (Å²) < 4.78 is 7.13. The fourth-order valence-electron chi connectivity index (χ4n) is 2.33. The van der Waals surface area contributed by atoms with E-state index in [1.807, 2.05) is 6.07 Å². The van der Waals surface area contributed by atoms with Gasteiger partial charge in [0, 0.05) is 31.4 Å². The van der Waals surface area contributed by atoms with Crippen LogP contribution in [-0.4, -0.2) is 34.1 Å². The number of rotatable bonds is 3. The minimum atomic E-state index is 0.515. The minimum absolute atomic E-state index is 0.515. The number of hydrogen-bond donors (Lipinski definition) is 0. The number of nitrogens with zero attached hydrogens (tertiary/aromatic N) is 3. The SMILES string of the molecule is O=Cc1ccc2nc(CC3CCCOC3)nn2c1. The van der Waals surface area contributed by atoms with E-state index < -0.39 is 0 Å². The molecule has 1 atom stereocenters. The first-order valence-electron chi connectivity index (χ1n) is 6.23. The molecule has 0 amide bonds. The fraction of sp³-hybridized carbons (Fsp3) is 0.462. The second-order valence-corrected chi connectivity index (χ2v) is 4.70. The van der Waals surface area contributed by atoms with E-state index in [0.717, 1.165) is 43.8 Å². The molecule has 94 valence electrons. The van der Waals surface area contributed by atoms with Gasteiger partial charge in [0.25, 0.3) is 0 Å². The molecule has 0 bridgehead atoms. The van der Waals surface area contributed by atoms with Gasteiger partial charge in [0.15, 0.2) is 17.8 Å². The molecule has 5 heteroatoms. The Morgan fingerprint density at radius 2 is 2.44 bits per heavy atom. The van der Waals surface area contributed by atoms with Crippen molar-refractivity contribution in [3.8, 4) is 0 Å². The van der Waals surface area contributed by atoms with Gasteiger partial charge in [0.1, 0.15) is 0 Å². The Hall–Kier alpha value is -1.75. The summed E-state index contributed by atoms with van der Waals surface area (Å²) in [4.78, 5) is 15.2. The molecule has 1 aliphatic rings. The average Bonchev–Trinajstić information content (AvgIpc) is 2.80. The van der Waals surface area contributed by atoms with E-state index in [-0.39, 0.29) is 0 Å². The normalized spacial score (nSPS) is 20.1. The number of carbonyl (C=O) groups is 1. The summed E-state index contributed by atoms with van der Waals surface area (Å²) in [5, 5.41) is 4.41. The van der Waals surface area contributed by atoms with Crippen LogP contribution in [0.3, 0.4) is 0 Å². The zero-order valence-corrected chi connectivity index (χ0v) is 10.1. The third kappa shape index (κ3) is 2.26. The van der Waals surface area contributed by atoms with E-state index in [9.17, 15) is 4.79 Å². The molecule has 0 saturated carbocycles. The van der Waals surface area contributed by atoms with Crippen molar-refractivity contribution in [2.75, 3.05) is 13.2 Å². The number of ether oxygens (including phenoxy) is 1. The molecule has 0 aliphatic carbocycles. The Morgan fingerprint density at radius 1 is 1.50 bits per heavy atom. The third-order valence-electron chi connectivity index (χ3n) is 3.26. The fourth-order valence-corrected chi connectivity index (χ4v) is 2.33. The van der Waals surface area contributed by atoms with Gasteiger partial charge < -0.3 is 4.74 Å².